The fourth-order valence-electron chi connectivity index (χ4n) is 2.75. The molecule has 5 nitrogen and oxygen atoms in total. The molecule has 1 atom stereocenters. The van der Waals surface area contributed by atoms with Gasteiger partial charge in [-0.3, -0.25) is 9.78 Å². The molecular formula is C22H21N3O2S. The average Bonchev–Trinajstić information content (AvgIpc) is 3.12. The lowest BCUT2D eigenvalue weighted by Crippen LogP contribution is -2.35. The van der Waals surface area contributed by atoms with Gasteiger partial charge >= 0.3 is 0 Å². The number of carbonyl (C=O) groups is 1. The van der Waals surface area contributed by atoms with Crippen molar-refractivity contribution in [2.75, 3.05) is 13.6 Å². The number of aliphatic hydroxyl groups excluding tert-OH is 1. The summed E-state index contributed by atoms with van der Waals surface area (Å²) in [7, 11) is 1.68. The number of likely N-dealkylation sites (N-methyl/N-ethyl adjacent to an activating group) is 1. The summed E-state index contributed by atoms with van der Waals surface area (Å²) in [6.07, 6.45) is 4.74. The fourth-order valence-corrected chi connectivity index (χ4v) is 3.38. The Morgan fingerprint density at radius 3 is 2.71 bits per heavy atom. The summed E-state index contributed by atoms with van der Waals surface area (Å²) in [6, 6.07) is 11.4. The molecule has 28 heavy (non-hydrogen) atoms. The van der Waals surface area contributed by atoms with Gasteiger partial charge < -0.3 is 10.0 Å². The Labute approximate surface area is 168 Å². The van der Waals surface area contributed by atoms with Crippen LogP contribution in [0.25, 0.3) is 0 Å². The third-order valence-corrected chi connectivity index (χ3v) is 4.91. The number of carbonyl (C=O) groups excluding carboxylic acids is 1. The Morgan fingerprint density at radius 1 is 1.21 bits per heavy atom. The van der Waals surface area contributed by atoms with Crippen LogP contribution in [-0.2, 0) is 6.42 Å². The molecule has 1 amide bonds. The molecule has 0 fully saturated rings. The number of pyridine rings is 1. The second-order valence-corrected chi connectivity index (χ2v) is 7.72. The van der Waals surface area contributed by atoms with Crippen molar-refractivity contribution in [1.82, 2.24) is 14.9 Å². The Morgan fingerprint density at radius 2 is 2.00 bits per heavy atom. The Kier molecular flexibility index (Phi) is 6.53. The van der Waals surface area contributed by atoms with Crippen LogP contribution in [0.4, 0.5) is 0 Å². The molecule has 0 saturated carbocycles. The molecule has 0 spiro atoms. The molecule has 2 heterocycles. The van der Waals surface area contributed by atoms with E-state index in [0.717, 1.165) is 15.4 Å². The number of aliphatic hydroxyl groups is 1. The number of aromatic nitrogens is 2. The maximum Gasteiger partial charge on any atom is 0.255 e. The SMILES string of the molecule is Cc1ncc(C#Cc2cncc(C(=O)N(C)C[C@@H](O)Cc3ccccc3)c2)s1. The van der Waals surface area contributed by atoms with Gasteiger partial charge in [0.15, 0.2) is 0 Å². The number of amides is 1. The predicted molar refractivity (Wildman–Crippen MR) is 110 cm³/mol. The minimum absolute atomic E-state index is 0.197. The van der Waals surface area contributed by atoms with E-state index >= 15 is 0 Å². The summed E-state index contributed by atoms with van der Waals surface area (Å²) in [5.74, 6) is 5.86. The largest absolute Gasteiger partial charge is 0.391 e. The van der Waals surface area contributed by atoms with Gasteiger partial charge in [0.25, 0.3) is 5.91 Å². The van der Waals surface area contributed by atoms with E-state index in [1.165, 1.54) is 22.4 Å². The molecule has 0 radical (unpaired) electrons. The lowest BCUT2D eigenvalue weighted by atomic mass is 10.1. The number of benzene rings is 1. The van der Waals surface area contributed by atoms with Gasteiger partial charge in [0, 0.05) is 38.0 Å². The molecule has 1 aromatic carbocycles. The van der Waals surface area contributed by atoms with Gasteiger partial charge in [-0.25, -0.2) is 4.98 Å². The first-order valence-corrected chi connectivity index (χ1v) is 9.70. The zero-order valence-electron chi connectivity index (χ0n) is 15.8. The molecule has 0 aliphatic rings. The highest BCUT2D eigenvalue weighted by atomic mass is 32.1. The van der Waals surface area contributed by atoms with Crippen LogP contribution in [0.1, 0.15) is 31.4 Å². The molecule has 0 bridgehead atoms. The van der Waals surface area contributed by atoms with E-state index in [1.54, 1.807) is 25.5 Å². The van der Waals surface area contributed by atoms with Crippen molar-refractivity contribution < 1.29 is 9.90 Å². The quantitative estimate of drug-likeness (QED) is 0.679. The normalized spacial score (nSPS) is 11.4. The highest BCUT2D eigenvalue weighted by molar-refractivity contribution is 7.12. The van der Waals surface area contributed by atoms with Gasteiger partial charge in [-0.2, -0.15) is 0 Å². The van der Waals surface area contributed by atoms with Crippen molar-refractivity contribution in [2.45, 2.75) is 19.4 Å². The number of hydrogen-bond acceptors (Lipinski definition) is 5. The van der Waals surface area contributed by atoms with Crippen LogP contribution < -0.4 is 0 Å². The van der Waals surface area contributed by atoms with Gasteiger partial charge in [0.2, 0.25) is 0 Å². The van der Waals surface area contributed by atoms with E-state index in [-0.39, 0.29) is 12.5 Å². The first-order chi connectivity index (χ1) is 13.5. The van der Waals surface area contributed by atoms with E-state index in [0.29, 0.717) is 17.5 Å². The Bertz CT molecular complexity index is 1010. The van der Waals surface area contributed by atoms with E-state index in [1.807, 2.05) is 37.3 Å². The standard InChI is InChI=1S/C22H21N3O2S/c1-16-24-14-21(28-16)9-8-18-10-19(13-23-12-18)22(27)25(2)15-20(26)11-17-6-4-3-5-7-17/h3-7,10,12-14,20,26H,11,15H2,1-2H3/t20-/m0/s1. The molecule has 0 aliphatic heterocycles. The van der Waals surface area contributed by atoms with E-state index in [9.17, 15) is 9.90 Å². The molecule has 142 valence electrons. The molecule has 2 aromatic heterocycles. The summed E-state index contributed by atoms with van der Waals surface area (Å²) >= 11 is 1.52. The number of nitrogens with zero attached hydrogens (tertiary/aromatic N) is 3. The van der Waals surface area contributed by atoms with E-state index in [2.05, 4.69) is 21.8 Å². The second-order valence-electron chi connectivity index (χ2n) is 6.49. The van der Waals surface area contributed by atoms with Crippen LogP contribution in [0.5, 0.6) is 0 Å². The van der Waals surface area contributed by atoms with Gasteiger partial charge in [-0.15, -0.1) is 11.3 Å². The third-order valence-electron chi connectivity index (χ3n) is 4.08. The zero-order chi connectivity index (χ0) is 19.9. The van der Waals surface area contributed by atoms with Crippen molar-refractivity contribution in [3.8, 4) is 11.8 Å². The molecule has 0 unspecified atom stereocenters. The monoisotopic (exact) mass is 391 g/mol. The molecule has 1 N–H and O–H groups in total. The molecule has 0 saturated heterocycles. The Hall–Kier alpha value is -3.01. The van der Waals surface area contributed by atoms with Crippen LogP contribution in [0.3, 0.4) is 0 Å². The molecule has 3 rings (SSSR count). The van der Waals surface area contributed by atoms with Gasteiger partial charge in [-0.1, -0.05) is 36.3 Å². The summed E-state index contributed by atoms with van der Waals surface area (Å²) in [5.41, 5.74) is 2.14. The number of rotatable bonds is 5. The van der Waals surface area contributed by atoms with Crippen molar-refractivity contribution in [2.24, 2.45) is 0 Å². The lowest BCUT2D eigenvalue weighted by molar-refractivity contribution is 0.0681. The van der Waals surface area contributed by atoms with Crippen LogP contribution in [-0.4, -0.2) is 45.6 Å². The lowest BCUT2D eigenvalue weighted by Gasteiger charge is -2.21. The summed E-state index contributed by atoms with van der Waals surface area (Å²) in [4.78, 5) is 23.4. The smallest absolute Gasteiger partial charge is 0.255 e. The molecule has 3 aromatic rings. The van der Waals surface area contributed by atoms with Crippen LogP contribution >= 0.6 is 11.3 Å². The number of hydrogen-bond donors (Lipinski definition) is 1. The van der Waals surface area contributed by atoms with Gasteiger partial charge in [0.05, 0.1) is 27.7 Å². The van der Waals surface area contributed by atoms with Crippen molar-refractivity contribution >= 4 is 17.2 Å². The minimum atomic E-state index is -0.637. The first-order valence-electron chi connectivity index (χ1n) is 8.88. The molecular weight excluding hydrogens is 370 g/mol. The van der Waals surface area contributed by atoms with Crippen molar-refractivity contribution in [3.05, 3.63) is 81.6 Å². The predicted octanol–water partition coefficient (Wildman–Crippen LogP) is 2.92. The molecule has 6 heteroatoms. The maximum atomic E-state index is 12.7. The fraction of sp³-hybridized carbons (Fsp3) is 0.227. The minimum Gasteiger partial charge on any atom is -0.391 e. The first kappa shape index (κ1) is 19.7. The number of thiazole rings is 1. The highest BCUT2D eigenvalue weighted by Crippen LogP contribution is 2.11. The average molecular weight is 391 g/mol. The topological polar surface area (TPSA) is 66.3 Å². The third kappa shape index (κ3) is 5.49. The van der Waals surface area contributed by atoms with Crippen molar-refractivity contribution in [1.29, 1.82) is 0 Å². The number of aryl methyl sites for hydroxylation is 1. The van der Waals surface area contributed by atoms with Gasteiger partial charge in [0.1, 0.15) is 0 Å². The van der Waals surface area contributed by atoms with Gasteiger partial charge in [-0.05, 0) is 24.5 Å². The van der Waals surface area contributed by atoms with E-state index in [4.69, 9.17) is 0 Å². The Balaban J connectivity index is 1.64. The second kappa shape index (κ2) is 9.27. The summed E-state index contributed by atoms with van der Waals surface area (Å²) in [6.45, 7) is 2.17. The molecule has 0 aliphatic carbocycles. The van der Waals surface area contributed by atoms with Crippen molar-refractivity contribution in [3.63, 3.8) is 0 Å². The van der Waals surface area contributed by atoms with E-state index < -0.39 is 6.10 Å². The van der Waals surface area contributed by atoms with Crippen LogP contribution in [0.2, 0.25) is 0 Å². The maximum absolute atomic E-state index is 12.7. The highest BCUT2D eigenvalue weighted by Gasteiger charge is 2.16. The van der Waals surface area contributed by atoms with Crippen LogP contribution in [0, 0.1) is 18.8 Å². The van der Waals surface area contributed by atoms with Crippen LogP contribution in [0.15, 0.2) is 55.0 Å². The summed E-state index contributed by atoms with van der Waals surface area (Å²) in [5, 5.41) is 11.3. The summed E-state index contributed by atoms with van der Waals surface area (Å²) < 4.78 is 0. The zero-order valence-corrected chi connectivity index (χ0v) is 16.6.